The van der Waals surface area contributed by atoms with Crippen LogP contribution >= 0.6 is 23.4 Å². The number of carbonyl (C=O) groups excluding carboxylic acids is 2. The van der Waals surface area contributed by atoms with E-state index in [0.29, 0.717) is 18.1 Å². The van der Waals surface area contributed by atoms with Crippen molar-refractivity contribution in [3.05, 3.63) is 34.9 Å². The minimum Gasteiger partial charge on any atom is -0.342 e. The summed E-state index contributed by atoms with van der Waals surface area (Å²) < 4.78 is 0. The van der Waals surface area contributed by atoms with Crippen molar-refractivity contribution in [2.24, 2.45) is 0 Å². The molecule has 21 heavy (non-hydrogen) atoms. The first-order valence-corrected chi connectivity index (χ1v) is 8.64. The number of ketones is 1. The topological polar surface area (TPSA) is 37.4 Å². The smallest absolute Gasteiger partial charge is 0.223 e. The highest BCUT2D eigenvalue weighted by molar-refractivity contribution is 7.99. The molecule has 2 rings (SSSR count). The largest absolute Gasteiger partial charge is 0.342 e. The van der Waals surface area contributed by atoms with Crippen LogP contribution in [0.3, 0.4) is 0 Å². The molecule has 1 unspecified atom stereocenters. The number of hydrogen-bond acceptors (Lipinski definition) is 3. The van der Waals surface area contributed by atoms with Gasteiger partial charge in [0.25, 0.3) is 0 Å². The Hall–Kier alpha value is -1.00. The lowest BCUT2D eigenvalue weighted by atomic mass is 10.1. The van der Waals surface area contributed by atoms with Gasteiger partial charge in [0, 0.05) is 42.0 Å². The molecule has 1 amide bonds. The monoisotopic (exact) mass is 325 g/mol. The van der Waals surface area contributed by atoms with Crippen molar-refractivity contribution < 1.29 is 9.59 Å². The SMILES string of the molecule is CC(=O)CCC(=O)N1CCSC(c2ccccc2Cl)CC1. The molecule has 0 saturated carbocycles. The summed E-state index contributed by atoms with van der Waals surface area (Å²) in [6, 6.07) is 7.92. The summed E-state index contributed by atoms with van der Waals surface area (Å²) in [5.74, 6) is 1.06. The van der Waals surface area contributed by atoms with Crippen LogP contribution < -0.4 is 0 Å². The maximum absolute atomic E-state index is 12.1. The molecule has 0 spiro atoms. The lowest BCUT2D eigenvalue weighted by Crippen LogP contribution is -2.33. The van der Waals surface area contributed by atoms with Gasteiger partial charge in [-0.3, -0.25) is 4.79 Å². The van der Waals surface area contributed by atoms with Gasteiger partial charge in [0.15, 0.2) is 0 Å². The zero-order chi connectivity index (χ0) is 15.2. The van der Waals surface area contributed by atoms with Crippen LogP contribution in [0.1, 0.15) is 37.0 Å². The average Bonchev–Trinajstić information content (AvgIpc) is 2.71. The van der Waals surface area contributed by atoms with Gasteiger partial charge in [-0.15, -0.1) is 0 Å². The van der Waals surface area contributed by atoms with Crippen LogP contribution in [-0.2, 0) is 9.59 Å². The highest BCUT2D eigenvalue weighted by Gasteiger charge is 2.23. The van der Waals surface area contributed by atoms with Crippen LogP contribution in [0.15, 0.2) is 24.3 Å². The molecule has 114 valence electrons. The number of nitrogens with zero attached hydrogens (tertiary/aromatic N) is 1. The fourth-order valence-corrected chi connectivity index (χ4v) is 4.04. The maximum atomic E-state index is 12.1. The van der Waals surface area contributed by atoms with Gasteiger partial charge >= 0.3 is 0 Å². The van der Waals surface area contributed by atoms with E-state index in [2.05, 4.69) is 6.07 Å². The molecule has 1 aliphatic rings. The third-order valence-electron chi connectivity index (χ3n) is 3.64. The van der Waals surface area contributed by atoms with Gasteiger partial charge < -0.3 is 9.69 Å². The van der Waals surface area contributed by atoms with Crippen LogP contribution in [0.5, 0.6) is 0 Å². The van der Waals surface area contributed by atoms with Crippen molar-refractivity contribution in [3.63, 3.8) is 0 Å². The molecule has 1 aromatic carbocycles. The first kappa shape index (κ1) is 16.4. The molecule has 1 aromatic rings. The zero-order valence-electron chi connectivity index (χ0n) is 12.2. The Morgan fingerprint density at radius 3 is 2.76 bits per heavy atom. The highest BCUT2D eigenvalue weighted by atomic mass is 35.5. The lowest BCUT2D eigenvalue weighted by Gasteiger charge is -2.20. The fourth-order valence-electron chi connectivity index (χ4n) is 2.45. The molecule has 1 saturated heterocycles. The second-order valence-corrected chi connectivity index (χ2v) is 6.97. The third-order valence-corrected chi connectivity index (χ3v) is 5.29. The fraction of sp³-hybridized carbons (Fsp3) is 0.500. The number of rotatable bonds is 4. The van der Waals surface area contributed by atoms with Crippen LogP contribution in [0.25, 0.3) is 0 Å². The standard InChI is InChI=1S/C16H20ClNO2S/c1-12(19)6-7-16(20)18-9-8-15(21-11-10-18)13-4-2-3-5-14(13)17/h2-5,15H,6-11H2,1H3. The van der Waals surface area contributed by atoms with E-state index in [-0.39, 0.29) is 11.7 Å². The van der Waals surface area contributed by atoms with Gasteiger partial charge in [-0.2, -0.15) is 11.8 Å². The highest BCUT2D eigenvalue weighted by Crippen LogP contribution is 2.37. The Kier molecular flexibility index (Phi) is 6.12. The Morgan fingerprint density at radius 2 is 2.05 bits per heavy atom. The second-order valence-electron chi connectivity index (χ2n) is 5.25. The Labute approximate surface area is 135 Å². The normalized spacial score (nSPS) is 19.1. The van der Waals surface area contributed by atoms with E-state index in [1.165, 1.54) is 6.92 Å². The van der Waals surface area contributed by atoms with Crippen LogP contribution in [0.4, 0.5) is 0 Å². The molecule has 1 atom stereocenters. The van der Waals surface area contributed by atoms with E-state index in [0.717, 1.165) is 35.8 Å². The summed E-state index contributed by atoms with van der Waals surface area (Å²) in [6.07, 6.45) is 1.58. The summed E-state index contributed by atoms with van der Waals surface area (Å²) in [6.45, 7) is 3.01. The molecule has 0 bridgehead atoms. The molecular weight excluding hydrogens is 306 g/mol. The zero-order valence-corrected chi connectivity index (χ0v) is 13.8. The quantitative estimate of drug-likeness (QED) is 0.846. The first-order valence-electron chi connectivity index (χ1n) is 7.21. The molecule has 5 heteroatoms. The van der Waals surface area contributed by atoms with Crippen LogP contribution in [0.2, 0.25) is 5.02 Å². The molecule has 1 aliphatic heterocycles. The minimum atomic E-state index is 0.0708. The number of halogens is 1. The Balaban J connectivity index is 1.94. The molecule has 0 N–H and O–H groups in total. The van der Waals surface area contributed by atoms with E-state index in [1.54, 1.807) is 0 Å². The molecule has 1 heterocycles. The van der Waals surface area contributed by atoms with Crippen molar-refractivity contribution in [2.45, 2.75) is 31.4 Å². The molecule has 0 aliphatic carbocycles. The number of thioether (sulfide) groups is 1. The van der Waals surface area contributed by atoms with E-state index in [4.69, 9.17) is 11.6 Å². The van der Waals surface area contributed by atoms with Crippen molar-refractivity contribution in [1.29, 1.82) is 0 Å². The van der Waals surface area contributed by atoms with Crippen molar-refractivity contribution in [3.8, 4) is 0 Å². The second kappa shape index (κ2) is 7.85. The van der Waals surface area contributed by atoms with Crippen LogP contribution in [0, 0.1) is 0 Å². The average molecular weight is 326 g/mol. The van der Waals surface area contributed by atoms with Crippen molar-refractivity contribution in [2.75, 3.05) is 18.8 Å². The third kappa shape index (κ3) is 4.75. The Morgan fingerprint density at radius 1 is 1.29 bits per heavy atom. The predicted molar refractivity (Wildman–Crippen MR) is 87.8 cm³/mol. The van der Waals surface area contributed by atoms with Gasteiger partial charge in [-0.05, 0) is 25.0 Å². The van der Waals surface area contributed by atoms with Crippen LogP contribution in [-0.4, -0.2) is 35.4 Å². The van der Waals surface area contributed by atoms with Gasteiger partial charge in [-0.1, -0.05) is 29.8 Å². The van der Waals surface area contributed by atoms with Gasteiger partial charge in [0.2, 0.25) is 5.91 Å². The summed E-state index contributed by atoms with van der Waals surface area (Å²) in [5, 5.41) is 1.13. The molecule has 0 aromatic heterocycles. The van der Waals surface area contributed by atoms with E-state index >= 15 is 0 Å². The predicted octanol–water partition coefficient (Wildman–Crippen LogP) is 3.72. The number of benzene rings is 1. The lowest BCUT2D eigenvalue weighted by molar-refractivity contribution is -0.132. The first-order chi connectivity index (χ1) is 10.1. The van der Waals surface area contributed by atoms with Crippen molar-refractivity contribution >= 4 is 35.1 Å². The van der Waals surface area contributed by atoms with E-state index in [1.807, 2.05) is 34.9 Å². The van der Waals surface area contributed by atoms with Gasteiger partial charge in [0.1, 0.15) is 5.78 Å². The van der Waals surface area contributed by atoms with Crippen molar-refractivity contribution in [1.82, 2.24) is 4.90 Å². The van der Waals surface area contributed by atoms with E-state index in [9.17, 15) is 9.59 Å². The molecule has 0 radical (unpaired) electrons. The number of Topliss-reactive ketones (excluding diaryl/α,β-unsaturated/α-hetero) is 1. The molecule has 1 fully saturated rings. The van der Waals surface area contributed by atoms with E-state index < -0.39 is 0 Å². The number of hydrogen-bond donors (Lipinski definition) is 0. The minimum absolute atomic E-state index is 0.0708. The summed E-state index contributed by atoms with van der Waals surface area (Å²) in [7, 11) is 0. The summed E-state index contributed by atoms with van der Waals surface area (Å²) in [5.41, 5.74) is 1.15. The molecular formula is C16H20ClNO2S. The van der Waals surface area contributed by atoms with Gasteiger partial charge in [-0.25, -0.2) is 0 Å². The summed E-state index contributed by atoms with van der Waals surface area (Å²) in [4.78, 5) is 25.0. The maximum Gasteiger partial charge on any atom is 0.223 e. The van der Waals surface area contributed by atoms with Gasteiger partial charge in [0.05, 0.1) is 0 Å². The Bertz CT molecular complexity index is 521. The molecule has 3 nitrogen and oxygen atoms in total. The summed E-state index contributed by atoms with van der Waals surface area (Å²) >= 11 is 8.11. The number of amides is 1. The number of carbonyl (C=O) groups is 2.